The number of halogens is 3. The first-order valence-corrected chi connectivity index (χ1v) is 8.06. The second-order valence-corrected chi connectivity index (χ2v) is 6.31. The molecular weight excluding hydrogens is 341 g/mol. The van der Waals surface area contributed by atoms with Gasteiger partial charge >= 0.3 is 6.18 Å². The number of likely N-dealkylation sites (tertiary alicyclic amines) is 1. The number of carbonyl (C=O) groups excluding carboxylic acids is 2. The van der Waals surface area contributed by atoms with Crippen LogP contribution in [0.2, 0.25) is 0 Å². The van der Waals surface area contributed by atoms with E-state index in [1.165, 1.54) is 4.90 Å². The molecule has 0 unspecified atom stereocenters. The van der Waals surface area contributed by atoms with Crippen LogP contribution in [-0.2, 0) is 28.9 Å². The molecule has 1 atom stereocenters. The molecular formula is C14H19F3N6O2. The summed E-state index contributed by atoms with van der Waals surface area (Å²) in [5, 5.41) is 6.72. The van der Waals surface area contributed by atoms with Gasteiger partial charge in [0.15, 0.2) is 5.82 Å². The zero-order valence-corrected chi connectivity index (χ0v) is 13.5. The van der Waals surface area contributed by atoms with Crippen molar-refractivity contribution < 1.29 is 22.8 Å². The minimum atomic E-state index is -4.57. The van der Waals surface area contributed by atoms with E-state index in [2.05, 4.69) is 10.2 Å². The first-order chi connectivity index (χ1) is 11.8. The first-order valence-electron chi connectivity index (χ1n) is 8.06. The second-order valence-electron chi connectivity index (χ2n) is 6.31. The van der Waals surface area contributed by atoms with Crippen molar-refractivity contribution in [1.29, 1.82) is 0 Å². The van der Waals surface area contributed by atoms with Gasteiger partial charge in [0, 0.05) is 45.1 Å². The van der Waals surface area contributed by atoms with Crippen molar-refractivity contribution in [2.45, 2.75) is 44.6 Å². The molecule has 0 bridgehead atoms. The number of rotatable bonds is 4. The van der Waals surface area contributed by atoms with Crippen molar-refractivity contribution >= 4 is 11.8 Å². The second kappa shape index (κ2) is 6.62. The summed E-state index contributed by atoms with van der Waals surface area (Å²) < 4.78 is 39.4. The predicted molar refractivity (Wildman–Crippen MR) is 78.8 cm³/mol. The van der Waals surface area contributed by atoms with Crippen LogP contribution in [0.5, 0.6) is 0 Å². The molecule has 0 saturated carbocycles. The molecule has 2 aliphatic rings. The summed E-state index contributed by atoms with van der Waals surface area (Å²) in [6.45, 7) is 1.06. The van der Waals surface area contributed by atoms with Crippen LogP contribution in [-0.4, -0.2) is 62.1 Å². The third-order valence-electron chi connectivity index (χ3n) is 4.42. The molecule has 0 spiro atoms. The summed E-state index contributed by atoms with van der Waals surface area (Å²) >= 11 is 0. The van der Waals surface area contributed by atoms with Crippen LogP contribution in [0.1, 0.15) is 30.9 Å². The average Bonchev–Trinajstić information content (AvgIpc) is 3.12. The molecule has 2 amide bonds. The number of carbonyl (C=O) groups is 2. The van der Waals surface area contributed by atoms with Gasteiger partial charge < -0.3 is 20.1 Å². The normalized spacial score (nSPS) is 19.3. The van der Waals surface area contributed by atoms with Crippen LogP contribution in [0.25, 0.3) is 0 Å². The summed E-state index contributed by atoms with van der Waals surface area (Å²) in [5.74, 6) is -1.16. The number of hydrogen-bond donors (Lipinski definition) is 1. The Labute approximate surface area is 141 Å². The van der Waals surface area contributed by atoms with E-state index in [9.17, 15) is 22.8 Å². The van der Waals surface area contributed by atoms with Gasteiger partial charge in [-0.1, -0.05) is 0 Å². The summed E-state index contributed by atoms with van der Waals surface area (Å²) in [7, 11) is 0. The Morgan fingerprint density at radius 3 is 2.64 bits per heavy atom. The summed E-state index contributed by atoms with van der Waals surface area (Å²) in [4.78, 5) is 27.0. The molecule has 1 saturated heterocycles. The molecule has 2 aliphatic heterocycles. The third kappa shape index (κ3) is 3.75. The first kappa shape index (κ1) is 17.6. The third-order valence-corrected chi connectivity index (χ3v) is 4.42. The van der Waals surface area contributed by atoms with Crippen LogP contribution < -0.4 is 5.73 Å². The fourth-order valence-electron chi connectivity index (χ4n) is 3.18. The highest BCUT2D eigenvalue weighted by Gasteiger charge is 2.40. The van der Waals surface area contributed by atoms with Crippen molar-refractivity contribution in [2.24, 2.45) is 5.73 Å². The van der Waals surface area contributed by atoms with E-state index in [1.807, 2.05) is 0 Å². The predicted octanol–water partition coefficient (Wildman–Crippen LogP) is -0.0211. The van der Waals surface area contributed by atoms with Crippen LogP contribution in [0.4, 0.5) is 13.2 Å². The van der Waals surface area contributed by atoms with E-state index in [1.54, 1.807) is 4.90 Å². The SMILES string of the molecule is N[C@@H](CC(=O)N1CCn2c(nnc2C(F)(F)F)C1)CN1CCCC1=O. The Bertz CT molecular complexity index is 674. The molecule has 2 N–H and O–H groups in total. The lowest BCUT2D eigenvalue weighted by Gasteiger charge is -2.29. The summed E-state index contributed by atoms with van der Waals surface area (Å²) in [6, 6.07) is -0.500. The van der Waals surface area contributed by atoms with Gasteiger partial charge in [0.25, 0.3) is 0 Å². The molecule has 0 radical (unpaired) electrons. The monoisotopic (exact) mass is 360 g/mol. The Kier molecular flexibility index (Phi) is 4.67. The quantitative estimate of drug-likeness (QED) is 0.814. The Morgan fingerprint density at radius 1 is 1.24 bits per heavy atom. The number of hydrogen-bond acceptors (Lipinski definition) is 5. The Morgan fingerprint density at radius 2 is 2.00 bits per heavy atom. The number of fused-ring (bicyclic) bond motifs is 1. The van der Waals surface area contributed by atoms with Gasteiger partial charge in [-0.25, -0.2) is 0 Å². The Hall–Kier alpha value is -2.17. The number of nitrogens with two attached hydrogens (primary N) is 1. The van der Waals surface area contributed by atoms with E-state index >= 15 is 0 Å². The smallest absolute Gasteiger partial charge is 0.341 e. The maximum Gasteiger partial charge on any atom is 0.451 e. The van der Waals surface area contributed by atoms with Crippen molar-refractivity contribution in [3.05, 3.63) is 11.6 Å². The molecule has 3 heterocycles. The van der Waals surface area contributed by atoms with Crippen molar-refractivity contribution in [1.82, 2.24) is 24.6 Å². The number of aromatic nitrogens is 3. The van der Waals surface area contributed by atoms with Crippen LogP contribution in [0.3, 0.4) is 0 Å². The minimum absolute atomic E-state index is 0.0111. The molecule has 8 nitrogen and oxygen atoms in total. The Balaban J connectivity index is 1.57. The number of alkyl halides is 3. The molecule has 3 rings (SSSR count). The van der Waals surface area contributed by atoms with E-state index in [0.717, 1.165) is 11.0 Å². The van der Waals surface area contributed by atoms with Gasteiger partial charge in [-0.3, -0.25) is 9.59 Å². The molecule has 1 fully saturated rings. The molecule has 138 valence electrons. The number of amides is 2. The minimum Gasteiger partial charge on any atom is -0.341 e. The molecule has 25 heavy (non-hydrogen) atoms. The molecule has 1 aromatic heterocycles. The zero-order valence-electron chi connectivity index (χ0n) is 13.5. The molecule has 0 aromatic carbocycles. The van der Waals surface area contributed by atoms with Crippen LogP contribution >= 0.6 is 0 Å². The largest absolute Gasteiger partial charge is 0.451 e. The van der Waals surface area contributed by atoms with E-state index in [4.69, 9.17) is 5.73 Å². The highest BCUT2D eigenvalue weighted by atomic mass is 19.4. The summed E-state index contributed by atoms with van der Waals surface area (Å²) in [6.07, 6.45) is -3.24. The fraction of sp³-hybridized carbons (Fsp3) is 0.714. The van der Waals surface area contributed by atoms with E-state index < -0.39 is 18.0 Å². The van der Waals surface area contributed by atoms with Gasteiger partial charge in [-0.05, 0) is 6.42 Å². The highest BCUT2D eigenvalue weighted by molar-refractivity contribution is 5.79. The van der Waals surface area contributed by atoms with E-state index in [0.29, 0.717) is 19.5 Å². The lowest BCUT2D eigenvalue weighted by Crippen LogP contribution is -2.44. The van der Waals surface area contributed by atoms with Crippen molar-refractivity contribution in [3.8, 4) is 0 Å². The lowest BCUT2D eigenvalue weighted by molar-refractivity contribution is -0.148. The standard InChI is InChI=1S/C14H19F3N6O2/c15-14(16,17)13-20-19-10-8-22(4-5-23(10)13)12(25)6-9(18)7-21-3-1-2-11(21)24/h9H,1-8,18H2/t9-/m0/s1. The van der Waals surface area contributed by atoms with Gasteiger partial charge in [-0.15, -0.1) is 10.2 Å². The van der Waals surface area contributed by atoms with Crippen molar-refractivity contribution in [2.75, 3.05) is 19.6 Å². The van der Waals surface area contributed by atoms with Crippen LogP contribution in [0.15, 0.2) is 0 Å². The van der Waals surface area contributed by atoms with Gasteiger partial charge in [0.05, 0.1) is 6.54 Å². The summed E-state index contributed by atoms with van der Waals surface area (Å²) in [5.41, 5.74) is 5.96. The molecule has 0 aliphatic carbocycles. The maximum absolute atomic E-state index is 12.8. The zero-order chi connectivity index (χ0) is 18.2. The molecule has 1 aromatic rings. The maximum atomic E-state index is 12.8. The number of nitrogens with zero attached hydrogens (tertiary/aromatic N) is 5. The topological polar surface area (TPSA) is 97.3 Å². The highest BCUT2D eigenvalue weighted by Crippen LogP contribution is 2.29. The lowest BCUT2D eigenvalue weighted by atomic mass is 10.1. The van der Waals surface area contributed by atoms with Crippen LogP contribution in [0, 0.1) is 0 Å². The fourth-order valence-corrected chi connectivity index (χ4v) is 3.18. The van der Waals surface area contributed by atoms with Crippen molar-refractivity contribution in [3.63, 3.8) is 0 Å². The van der Waals surface area contributed by atoms with Gasteiger partial charge in [0.1, 0.15) is 0 Å². The molecule has 11 heteroatoms. The van der Waals surface area contributed by atoms with E-state index in [-0.39, 0.29) is 43.7 Å². The van der Waals surface area contributed by atoms with Gasteiger partial charge in [0.2, 0.25) is 17.6 Å². The average molecular weight is 360 g/mol. The van der Waals surface area contributed by atoms with Gasteiger partial charge in [-0.2, -0.15) is 13.2 Å².